The number of aromatic amines is 1. The molecule has 3 heterocycles. The first-order valence-corrected chi connectivity index (χ1v) is 8.14. The summed E-state index contributed by atoms with van der Waals surface area (Å²) in [6.45, 7) is 0. The molecule has 142 valence electrons. The fourth-order valence-electron chi connectivity index (χ4n) is 2.88. The molecule has 0 bridgehead atoms. The summed E-state index contributed by atoms with van der Waals surface area (Å²) in [6, 6.07) is 5.14. The number of carbonyl (C=O) groups is 1. The zero-order chi connectivity index (χ0) is 19.8. The summed E-state index contributed by atoms with van der Waals surface area (Å²) in [5.74, 6) is -2.15. The summed E-state index contributed by atoms with van der Waals surface area (Å²) in [7, 11) is 3.18. The van der Waals surface area contributed by atoms with Crippen LogP contribution in [0.15, 0.2) is 36.8 Å². The first-order valence-electron chi connectivity index (χ1n) is 8.14. The number of hydrogen-bond acceptors (Lipinski definition) is 5. The standard InChI is InChI=1S/C18H14F2N6O2/c1-26-15(10-3-9-6-22-24-13(9)5-16(10)28-2)4-14(25-26)18(27)23-17-11(19)7-21-8-12(17)20/h3-8H,1-2H3,(H,22,24)(H,21,23,27). The minimum atomic E-state index is -0.975. The van der Waals surface area contributed by atoms with E-state index in [0.29, 0.717) is 17.0 Å². The highest BCUT2D eigenvalue weighted by Gasteiger charge is 2.20. The highest BCUT2D eigenvalue weighted by atomic mass is 19.1. The molecule has 2 N–H and O–H groups in total. The minimum Gasteiger partial charge on any atom is -0.496 e. The number of ether oxygens (including phenoxy) is 1. The highest BCUT2D eigenvalue weighted by molar-refractivity contribution is 6.03. The molecular weight excluding hydrogens is 370 g/mol. The largest absolute Gasteiger partial charge is 0.496 e. The van der Waals surface area contributed by atoms with Crippen LogP contribution in [0.4, 0.5) is 14.5 Å². The monoisotopic (exact) mass is 384 g/mol. The molecule has 0 atom stereocenters. The van der Waals surface area contributed by atoms with Crippen LogP contribution in [0.2, 0.25) is 0 Å². The molecule has 0 saturated carbocycles. The van der Waals surface area contributed by atoms with Crippen LogP contribution in [0, 0.1) is 11.6 Å². The van der Waals surface area contributed by atoms with E-state index >= 15 is 0 Å². The van der Waals surface area contributed by atoms with Gasteiger partial charge in [0, 0.05) is 24.1 Å². The summed E-state index contributed by atoms with van der Waals surface area (Å²) in [4.78, 5) is 15.8. The Bertz CT molecular complexity index is 1180. The number of nitrogens with zero attached hydrogens (tertiary/aromatic N) is 4. The number of carbonyl (C=O) groups excluding carboxylic acids is 1. The van der Waals surface area contributed by atoms with Crippen LogP contribution in [0.1, 0.15) is 10.5 Å². The second kappa shape index (κ2) is 6.72. The van der Waals surface area contributed by atoms with Gasteiger partial charge in [-0.3, -0.25) is 19.6 Å². The highest BCUT2D eigenvalue weighted by Crippen LogP contribution is 2.33. The molecular formula is C18H14F2N6O2. The third-order valence-corrected chi connectivity index (χ3v) is 4.24. The average molecular weight is 384 g/mol. The van der Waals surface area contributed by atoms with Crippen molar-refractivity contribution in [1.29, 1.82) is 0 Å². The van der Waals surface area contributed by atoms with E-state index in [9.17, 15) is 13.6 Å². The lowest BCUT2D eigenvalue weighted by Crippen LogP contribution is -2.15. The molecule has 0 aliphatic heterocycles. The Morgan fingerprint density at radius 2 is 1.93 bits per heavy atom. The van der Waals surface area contributed by atoms with Crippen LogP contribution in [-0.4, -0.2) is 38.0 Å². The predicted molar refractivity (Wildman–Crippen MR) is 97.0 cm³/mol. The first kappa shape index (κ1) is 17.6. The van der Waals surface area contributed by atoms with Crippen molar-refractivity contribution in [1.82, 2.24) is 25.0 Å². The second-order valence-corrected chi connectivity index (χ2v) is 5.98. The van der Waals surface area contributed by atoms with Gasteiger partial charge in [0.25, 0.3) is 5.91 Å². The Kier molecular flexibility index (Phi) is 4.22. The molecule has 4 rings (SSSR count). The van der Waals surface area contributed by atoms with Crippen molar-refractivity contribution in [2.45, 2.75) is 0 Å². The normalized spacial score (nSPS) is 11.0. The molecule has 0 aliphatic rings. The molecule has 0 saturated heterocycles. The second-order valence-electron chi connectivity index (χ2n) is 5.98. The van der Waals surface area contributed by atoms with E-state index < -0.39 is 23.2 Å². The third-order valence-electron chi connectivity index (χ3n) is 4.24. The van der Waals surface area contributed by atoms with Crippen LogP contribution in [-0.2, 0) is 7.05 Å². The number of nitrogens with one attached hydrogen (secondary N) is 2. The number of benzene rings is 1. The number of aromatic nitrogens is 5. The summed E-state index contributed by atoms with van der Waals surface area (Å²) in [5, 5.41) is 14.0. The van der Waals surface area contributed by atoms with Crippen molar-refractivity contribution in [2.24, 2.45) is 7.05 Å². The number of halogens is 2. The van der Waals surface area contributed by atoms with Gasteiger partial charge in [0.15, 0.2) is 17.3 Å². The van der Waals surface area contributed by atoms with E-state index in [1.54, 1.807) is 19.3 Å². The lowest BCUT2D eigenvalue weighted by Gasteiger charge is -2.08. The van der Waals surface area contributed by atoms with Gasteiger partial charge in [-0.15, -0.1) is 0 Å². The number of fused-ring (bicyclic) bond motifs is 1. The number of rotatable bonds is 4. The van der Waals surface area contributed by atoms with Crippen LogP contribution in [0.25, 0.3) is 22.2 Å². The number of pyridine rings is 1. The third kappa shape index (κ3) is 2.94. The van der Waals surface area contributed by atoms with E-state index in [0.717, 1.165) is 23.3 Å². The SMILES string of the molecule is COc1cc2[nH]ncc2cc1-c1cc(C(=O)Nc2c(F)cncc2F)nn1C. The van der Waals surface area contributed by atoms with Gasteiger partial charge in [-0.2, -0.15) is 10.2 Å². The molecule has 0 radical (unpaired) electrons. The molecule has 4 aromatic rings. The average Bonchev–Trinajstić information content (AvgIpc) is 3.29. The number of anilines is 1. The van der Waals surface area contributed by atoms with Crippen LogP contribution >= 0.6 is 0 Å². The van der Waals surface area contributed by atoms with Crippen molar-refractivity contribution in [3.8, 4) is 17.0 Å². The van der Waals surface area contributed by atoms with E-state index in [1.165, 1.54) is 17.9 Å². The zero-order valence-electron chi connectivity index (χ0n) is 14.8. The van der Waals surface area contributed by atoms with Crippen molar-refractivity contribution < 1.29 is 18.3 Å². The molecule has 0 fully saturated rings. The Labute approximate surface area is 157 Å². The fourth-order valence-corrected chi connectivity index (χ4v) is 2.88. The Hall–Kier alpha value is -3.82. The number of hydrogen-bond donors (Lipinski definition) is 2. The topological polar surface area (TPSA) is 97.7 Å². The lowest BCUT2D eigenvalue weighted by molar-refractivity contribution is 0.102. The van der Waals surface area contributed by atoms with Crippen LogP contribution in [0.5, 0.6) is 5.75 Å². The molecule has 28 heavy (non-hydrogen) atoms. The van der Waals surface area contributed by atoms with Crippen molar-refractivity contribution in [2.75, 3.05) is 12.4 Å². The predicted octanol–water partition coefficient (Wildman–Crippen LogP) is 2.90. The molecule has 1 amide bonds. The minimum absolute atomic E-state index is 0.0116. The number of amides is 1. The lowest BCUT2D eigenvalue weighted by atomic mass is 10.1. The molecule has 3 aromatic heterocycles. The van der Waals surface area contributed by atoms with Gasteiger partial charge >= 0.3 is 0 Å². The van der Waals surface area contributed by atoms with E-state index in [2.05, 4.69) is 25.6 Å². The number of aryl methyl sites for hydroxylation is 1. The molecule has 0 unspecified atom stereocenters. The Morgan fingerprint density at radius 1 is 1.18 bits per heavy atom. The maximum absolute atomic E-state index is 13.7. The molecule has 1 aromatic carbocycles. The molecule has 10 heteroatoms. The smallest absolute Gasteiger partial charge is 0.276 e. The van der Waals surface area contributed by atoms with Gasteiger partial charge in [-0.1, -0.05) is 0 Å². The first-order chi connectivity index (χ1) is 13.5. The summed E-state index contributed by atoms with van der Waals surface area (Å²) in [6.07, 6.45) is 3.29. The van der Waals surface area contributed by atoms with Gasteiger partial charge < -0.3 is 10.1 Å². The van der Waals surface area contributed by atoms with Crippen LogP contribution < -0.4 is 10.1 Å². The van der Waals surface area contributed by atoms with Gasteiger partial charge in [-0.25, -0.2) is 8.78 Å². The fraction of sp³-hybridized carbons (Fsp3) is 0.111. The van der Waals surface area contributed by atoms with E-state index in [1.807, 2.05) is 6.07 Å². The summed E-state index contributed by atoms with van der Waals surface area (Å²) < 4.78 is 34.4. The van der Waals surface area contributed by atoms with Gasteiger partial charge in [0.1, 0.15) is 11.4 Å². The van der Waals surface area contributed by atoms with E-state index in [-0.39, 0.29) is 5.69 Å². The van der Waals surface area contributed by atoms with Crippen LogP contribution in [0.3, 0.4) is 0 Å². The van der Waals surface area contributed by atoms with Crippen molar-refractivity contribution >= 4 is 22.5 Å². The molecule has 0 spiro atoms. The Balaban J connectivity index is 1.72. The van der Waals surface area contributed by atoms with E-state index in [4.69, 9.17) is 4.74 Å². The zero-order valence-corrected chi connectivity index (χ0v) is 14.8. The Morgan fingerprint density at radius 3 is 2.64 bits per heavy atom. The van der Waals surface area contributed by atoms with Crippen molar-refractivity contribution in [3.63, 3.8) is 0 Å². The van der Waals surface area contributed by atoms with Crippen molar-refractivity contribution in [3.05, 3.63) is 54.1 Å². The quantitative estimate of drug-likeness (QED) is 0.564. The molecule has 0 aliphatic carbocycles. The maximum atomic E-state index is 13.7. The number of H-pyrrole nitrogens is 1. The summed E-state index contributed by atoms with van der Waals surface area (Å²) >= 11 is 0. The maximum Gasteiger partial charge on any atom is 0.276 e. The number of methoxy groups -OCH3 is 1. The van der Waals surface area contributed by atoms with Gasteiger partial charge in [0.2, 0.25) is 0 Å². The van der Waals surface area contributed by atoms with Gasteiger partial charge in [-0.05, 0) is 12.1 Å². The molecule has 8 nitrogen and oxygen atoms in total. The summed E-state index contributed by atoms with van der Waals surface area (Å²) in [5.41, 5.74) is 1.48. The van der Waals surface area contributed by atoms with Gasteiger partial charge in [0.05, 0.1) is 36.9 Å².